The van der Waals surface area contributed by atoms with Gasteiger partial charge >= 0.3 is 0 Å². The summed E-state index contributed by atoms with van der Waals surface area (Å²) in [6, 6.07) is 7.59. The van der Waals surface area contributed by atoms with E-state index in [2.05, 4.69) is 36.4 Å². The Kier molecular flexibility index (Phi) is 12.2. The number of ether oxygens (including phenoxy) is 2. The Hall–Kier alpha value is -1.06. The molecule has 1 saturated heterocycles. The molecule has 0 spiro atoms. The lowest BCUT2D eigenvalue weighted by Crippen LogP contribution is -2.47. The Labute approximate surface area is 205 Å². The van der Waals surface area contributed by atoms with Crippen LogP contribution in [0.4, 0.5) is 0 Å². The molecule has 2 rings (SSSR count). The van der Waals surface area contributed by atoms with Crippen molar-refractivity contribution in [3.05, 3.63) is 29.8 Å². The molecule has 31 heavy (non-hydrogen) atoms. The van der Waals surface area contributed by atoms with Crippen LogP contribution in [0.5, 0.6) is 5.75 Å². The number of nitrogens with zero attached hydrogens (tertiary/aromatic N) is 1. The van der Waals surface area contributed by atoms with Crippen molar-refractivity contribution in [2.75, 3.05) is 26.2 Å². The maximum absolute atomic E-state index is 10.6. The average molecular weight is 548 g/mol. The zero-order valence-corrected chi connectivity index (χ0v) is 22.3. The number of nitrogens with one attached hydrogen (secondary N) is 2. The summed E-state index contributed by atoms with van der Waals surface area (Å²) in [5, 5.41) is 17.4. The van der Waals surface area contributed by atoms with Crippen LogP contribution in [0.15, 0.2) is 29.3 Å². The van der Waals surface area contributed by atoms with Crippen LogP contribution in [0.2, 0.25) is 0 Å². The SMILES string of the molecule is CCNC(=NCC(O)c1cccc(OC(C)C)c1)NCC1CCCOC1C(C)(C)C.I. The van der Waals surface area contributed by atoms with Crippen molar-refractivity contribution in [2.45, 2.75) is 72.7 Å². The number of hydrogen-bond acceptors (Lipinski definition) is 4. The fraction of sp³-hybridized carbons (Fsp3) is 0.708. The minimum absolute atomic E-state index is 0. The molecule has 178 valence electrons. The third kappa shape index (κ3) is 9.53. The van der Waals surface area contributed by atoms with Gasteiger partial charge in [-0.15, -0.1) is 24.0 Å². The standard InChI is InChI=1S/C24H41N3O3.HI/c1-7-25-23(26-15-19-11-9-13-29-22(19)24(4,5)6)27-16-21(28)18-10-8-12-20(14-18)30-17(2)3;/h8,10,12,14,17,19,21-22,28H,7,9,11,13,15-16H2,1-6H3,(H2,25,26,27);1H. The Morgan fingerprint density at radius 2 is 2.03 bits per heavy atom. The first kappa shape index (κ1) is 28.0. The molecule has 6 nitrogen and oxygen atoms in total. The lowest BCUT2D eigenvalue weighted by atomic mass is 9.78. The molecule has 1 aliphatic rings. The monoisotopic (exact) mass is 547 g/mol. The summed E-state index contributed by atoms with van der Waals surface area (Å²) in [7, 11) is 0. The first-order valence-corrected chi connectivity index (χ1v) is 11.3. The summed E-state index contributed by atoms with van der Waals surface area (Å²) in [4.78, 5) is 4.61. The highest BCUT2D eigenvalue weighted by atomic mass is 127. The number of halogens is 1. The van der Waals surface area contributed by atoms with Crippen LogP contribution in [-0.2, 0) is 4.74 Å². The summed E-state index contributed by atoms with van der Waals surface area (Å²) < 4.78 is 11.8. The molecule has 0 amide bonds. The topological polar surface area (TPSA) is 75.1 Å². The molecular formula is C24H42IN3O3. The number of guanidine groups is 1. The molecule has 1 aliphatic heterocycles. The van der Waals surface area contributed by atoms with Crippen molar-refractivity contribution < 1.29 is 14.6 Å². The van der Waals surface area contributed by atoms with Gasteiger partial charge in [0.2, 0.25) is 0 Å². The lowest BCUT2D eigenvalue weighted by Gasteiger charge is -2.40. The van der Waals surface area contributed by atoms with Crippen LogP contribution in [0.1, 0.15) is 66.1 Å². The van der Waals surface area contributed by atoms with Crippen molar-refractivity contribution in [2.24, 2.45) is 16.3 Å². The summed E-state index contributed by atoms with van der Waals surface area (Å²) in [6.07, 6.45) is 1.90. The van der Waals surface area contributed by atoms with Gasteiger partial charge in [-0.1, -0.05) is 32.9 Å². The van der Waals surface area contributed by atoms with Crippen LogP contribution in [-0.4, -0.2) is 49.5 Å². The second kappa shape index (κ2) is 13.5. The van der Waals surface area contributed by atoms with Crippen molar-refractivity contribution in [1.82, 2.24) is 10.6 Å². The Morgan fingerprint density at radius 3 is 2.68 bits per heavy atom. The molecule has 1 fully saturated rings. The van der Waals surface area contributed by atoms with E-state index in [1.54, 1.807) is 0 Å². The number of benzene rings is 1. The minimum atomic E-state index is -0.684. The second-order valence-electron chi connectivity index (χ2n) is 9.42. The van der Waals surface area contributed by atoms with Gasteiger partial charge in [-0.05, 0) is 56.7 Å². The van der Waals surface area contributed by atoms with Gasteiger partial charge in [0.25, 0.3) is 0 Å². The van der Waals surface area contributed by atoms with Crippen molar-refractivity contribution >= 4 is 29.9 Å². The Morgan fingerprint density at radius 1 is 1.29 bits per heavy atom. The Balaban J connectivity index is 0.00000480. The number of aliphatic imine (C=N–C) groups is 1. The highest BCUT2D eigenvalue weighted by Gasteiger charge is 2.35. The molecule has 1 heterocycles. The summed E-state index contributed by atoms with van der Waals surface area (Å²) in [5.41, 5.74) is 0.919. The third-order valence-corrected chi connectivity index (χ3v) is 5.21. The maximum atomic E-state index is 10.6. The predicted octanol–water partition coefficient (Wildman–Crippen LogP) is 4.52. The first-order chi connectivity index (χ1) is 14.2. The molecule has 0 radical (unpaired) electrons. The normalized spacial score (nSPS) is 20.7. The largest absolute Gasteiger partial charge is 0.491 e. The zero-order chi connectivity index (χ0) is 22.1. The van der Waals surface area contributed by atoms with Gasteiger partial charge in [0.15, 0.2) is 5.96 Å². The van der Waals surface area contributed by atoms with Gasteiger partial charge < -0.3 is 25.2 Å². The minimum Gasteiger partial charge on any atom is -0.491 e. The smallest absolute Gasteiger partial charge is 0.191 e. The van der Waals surface area contributed by atoms with E-state index in [-0.39, 0.29) is 48.1 Å². The molecule has 0 saturated carbocycles. The molecule has 3 N–H and O–H groups in total. The van der Waals surface area contributed by atoms with E-state index >= 15 is 0 Å². The van der Waals surface area contributed by atoms with Crippen molar-refractivity contribution in [1.29, 1.82) is 0 Å². The lowest BCUT2D eigenvalue weighted by molar-refractivity contribution is -0.0835. The molecule has 1 aromatic rings. The molecule has 0 bridgehead atoms. The number of hydrogen-bond donors (Lipinski definition) is 3. The second-order valence-corrected chi connectivity index (χ2v) is 9.42. The highest BCUT2D eigenvalue weighted by Crippen LogP contribution is 2.33. The molecule has 0 aromatic heterocycles. The van der Waals surface area contributed by atoms with E-state index in [1.807, 2.05) is 45.0 Å². The maximum Gasteiger partial charge on any atom is 0.191 e. The van der Waals surface area contributed by atoms with E-state index in [0.717, 1.165) is 49.8 Å². The van der Waals surface area contributed by atoms with E-state index in [0.29, 0.717) is 5.92 Å². The van der Waals surface area contributed by atoms with E-state index in [4.69, 9.17) is 9.47 Å². The number of rotatable bonds is 8. The molecular weight excluding hydrogens is 505 g/mol. The van der Waals surface area contributed by atoms with E-state index in [1.165, 1.54) is 0 Å². The highest BCUT2D eigenvalue weighted by molar-refractivity contribution is 14.0. The molecule has 1 aromatic carbocycles. The number of aliphatic hydroxyl groups excluding tert-OH is 1. The van der Waals surface area contributed by atoms with Crippen molar-refractivity contribution in [3.63, 3.8) is 0 Å². The van der Waals surface area contributed by atoms with Gasteiger partial charge in [-0.2, -0.15) is 0 Å². The molecule has 7 heteroatoms. The van der Waals surface area contributed by atoms with Crippen LogP contribution < -0.4 is 15.4 Å². The van der Waals surface area contributed by atoms with Crippen LogP contribution in [0.3, 0.4) is 0 Å². The van der Waals surface area contributed by atoms with Gasteiger partial charge in [0, 0.05) is 25.6 Å². The first-order valence-electron chi connectivity index (χ1n) is 11.3. The van der Waals surface area contributed by atoms with Gasteiger partial charge in [-0.25, -0.2) is 0 Å². The van der Waals surface area contributed by atoms with Crippen LogP contribution in [0, 0.1) is 11.3 Å². The van der Waals surface area contributed by atoms with E-state index in [9.17, 15) is 5.11 Å². The molecule has 0 aliphatic carbocycles. The summed E-state index contributed by atoms with van der Waals surface area (Å²) in [6.45, 7) is 15.4. The summed E-state index contributed by atoms with van der Waals surface area (Å²) in [5.74, 6) is 1.93. The number of aliphatic hydroxyl groups is 1. The predicted molar refractivity (Wildman–Crippen MR) is 138 cm³/mol. The zero-order valence-electron chi connectivity index (χ0n) is 20.0. The van der Waals surface area contributed by atoms with Crippen LogP contribution >= 0.6 is 24.0 Å². The quantitative estimate of drug-likeness (QED) is 0.254. The van der Waals surface area contributed by atoms with Gasteiger partial charge in [-0.3, -0.25) is 4.99 Å². The van der Waals surface area contributed by atoms with Crippen LogP contribution in [0.25, 0.3) is 0 Å². The Bertz CT molecular complexity index is 676. The average Bonchev–Trinajstić information content (AvgIpc) is 2.69. The molecule has 3 unspecified atom stereocenters. The van der Waals surface area contributed by atoms with Gasteiger partial charge in [0.1, 0.15) is 5.75 Å². The van der Waals surface area contributed by atoms with Gasteiger partial charge in [0.05, 0.1) is 24.9 Å². The molecule has 3 atom stereocenters. The third-order valence-electron chi connectivity index (χ3n) is 5.21. The summed E-state index contributed by atoms with van der Waals surface area (Å²) >= 11 is 0. The fourth-order valence-electron chi connectivity index (χ4n) is 3.93. The van der Waals surface area contributed by atoms with E-state index < -0.39 is 6.10 Å². The van der Waals surface area contributed by atoms with Crippen molar-refractivity contribution in [3.8, 4) is 5.75 Å². The fourth-order valence-corrected chi connectivity index (χ4v) is 3.93.